The van der Waals surface area contributed by atoms with Gasteiger partial charge in [-0.05, 0) is 29.3 Å². The molecule has 5 heteroatoms. The summed E-state index contributed by atoms with van der Waals surface area (Å²) in [6.07, 6.45) is 5.71. The largest absolute Gasteiger partial charge is 0.242 e. The Bertz CT molecular complexity index is 855. The second-order valence-electron chi connectivity index (χ2n) is 4.90. The molecule has 0 aromatic heterocycles. The van der Waals surface area contributed by atoms with Crippen LogP contribution in [0.15, 0.2) is 53.4 Å². The summed E-state index contributed by atoms with van der Waals surface area (Å²) in [6, 6.07) is 14.0. The van der Waals surface area contributed by atoms with Gasteiger partial charge < -0.3 is 0 Å². The number of benzene rings is 2. The van der Waals surface area contributed by atoms with Gasteiger partial charge >= 0.3 is 0 Å². The van der Waals surface area contributed by atoms with E-state index in [1.165, 1.54) is 0 Å². The highest BCUT2D eigenvalue weighted by atomic mass is 35.5. The number of halogens is 1. The van der Waals surface area contributed by atoms with Crippen LogP contribution < -0.4 is 4.72 Å². The Morgan fingerprint density at radius 3 is 2.67 bits per heavy atom. The molecule has 0 saturated carbocycles. The molecule has 1 unspecified atom stereocenters. The van der Waals surface area contributed by atoms with Crippen LogP contribution in [0.2, 0.25) is 5.02 Å². The Labute approximate surface area is 129 Å². The zero-order chi connectivity index (χ0) is 15.1. The van der Waals surface area contributed by atoms with Crippen LogP contribution in [0.1, 0.15) is 17.5 Å². The second kappa shape index (κ2) is 4.88. The van der Waals surface area contributed by atoms with Gasteiger partial charge in [0, 0.05) is 11.4 Å². The van der Waals surface area contributed by atoms with E-state index < -0.39 is 15.6 Å². The number of hydrogen-bond donors (Lipinski definition) is 1. The number of fused-ring (bicyclic) bond motifs is 1. The first kappa shape index (κ1) is 14.2. The van der Waals surface area contributed by atoms with Crippen LogP contribution in [0.3, 0.4) is 0 Å². The third kappa shape index (κ3) is 2.14. The van der Waals surface area contributed by atoms with Gasteiger partial charge in [-0.1, -0.05) is 41.9 Å². The Hall–Kier alpha value is -1.80. The van der Waals surface area contributed by atoms with Crippen molar-refractivity contribution < 1.29 is 8.42 Å². The van der Waals surface area contributed by atoms with Gasteiger partial charge in [0.25, 0.3) is 0 Å². The molecular formula is C16H12ClNO2S. The molecule has 21 heavy (non-hydrogen) atoms. The molecule has 1 aliphatic rings. The van der Waals surface area contributed by atoms with Gasteiger partial charge in [0.15, 0.2) is 0 Å². The van der Waals surface area contributed by atoms with Crippen molar-refractivity contribution in [1.29, 1.82) is 0 Å². The van der Waals surface area contributed by atoms with Crippen molar-refractivity contribution in [3.05, 3.63) is 64.7 Å². The molecule has 0 bridgehead atoms. The fraction of sp³-hybridized carbons (Fsp3) is 0.125. The summed E-state index contributed by atoms with van der Waals surface area (Å²) in [4.78, 5) is 0.264. The van der Waals surface area contributed by atoms with E-state index in [0.29, 0.717) is 10.6 Å². The summed E-state index contributed by atoms with van der Waals surface area (Å²) in [7, 11) is -3.59. The highest BCUT2D eigenvalue weighted by Gasteiger charge is 2.47. The minimum atomic E-state index is -3.59. The van der Waals surface area contributed by atoms with Crippen LogP contribution in [0, 0.1) is 12.3 Å². The van der Waals surface area contributed by atoms with Crippen molar-refractivity contribution >= 4 is 21.6 Å². The minimum absolute atomic E-state index is 0.212. The van der Waals surface area contributed by atoms with E-state index in [1.54, 1.807) is 42.5 Å². The van der Waals surface area contributed by atoms with Gasteiger partial charge in [0.2, 0.25) is 10.0 Å². The third-order valence-corrected chi connectivity index (χ3v) is 5.42. The molecule has 2 aromatic rings. The lowest BCUT2D eigenvalue weighted by atomic mass is 9.81. The van der Waals surface area contributed by atoms with E-state index in [9.17, 15) is 8.42 Å². The first-order valence-corrected chi connectivity index (χ1v) is 8.19. The lowest BCUT2D eigenvalue weighted by Crippen LogP contribution is -2.40. The SMILES string of the molecule is C#CCC1(c2cccc(Cl)c2)NS(=O)(=O)c2ccccc21. The van der Waals surface area contributed by atoms with E-state index in [0.717, 1.165) is 5.56 Å². The topological polar surface area (TPSA) is 46.2 Å². The summed E-state index contributed by atoms with van der Waals surface area (Å²) in [6.45, 7) is 0. The van der Waals surface area contributed by atoms with Gasteiger partial charge in [-0.3, -0.25) is 0 Å². The number of sulfonamides is 1. The molecule has 3 rings (SSSR count). The van der Waals surface area contributed by atoms with Crippen LogP contribution in [0.4, 0.5) is 0 Å². The molecule has 0 aliphatic carbocycles. The summed E-state index contributed by atoms with van der Waals surface area (Å²) < 4.78 is 27.5. The molecule has 106 valence electrons. The van der Waals surface area contributed by atoms with Crippen LogP contribution in [0.5, 0.6) is 0 Å². The van der Waals surface area contributed by atoms with Gasteiger partial charge in [-0.2, -0.15) is 4.72 Å². The molecule has 0 fully saturated rings. The maximum Gasteiger partial charge on any atom is 0.242 e. The van der Waals surface area contributed by atoms with Crippen LogP contribution >= 0.6 is 11.6 Å². The van der Waals surface area contributed by atoms with Crippen molar-refractivity contribution in [2.45, 2.75) is 16.9 Å². The number of nitrogens with one attached hydrogen (secondary N) is 1. The van der Waals surface area contributed by atoms with Crippen LogP contribution in [-0.2, 0) is 15.6 Å². The Kier molecular flexibility index (Phi) is 3.29. The maximum atomic E-state index is 12.4. The Balaban J connectivity index is 2.33. The zero-order valence-corrected chi connectivity index (χ0v) is 12.6. The van der Waals surface area contributed by atoms with E-state index in [4.69, 9.17) is 18.0 Å². The fourth-order valence-corrected chi connectivity index (χ4v) is 4.60. The standard InChI is InChI=1S/C16H12ClNO2S/c1-2-10-16(12-6-5-7-13(17)11-12)14-8-3-4-9-15(14)21(19,20)18-16/h1,3-9,11,18H,10H2. The number of hydrogen-bond acceptors (Lipinski definition) is 2. The molecule has 2 aromatic carbocycles. The maximum absolute atomic E-state index is 12.4. The molecule has 0 amide bonds. The summed E-state index contributed by atoms with van der Waals surface area (Å²) >= 11 is 6.05. The van der Waals surface area contributed by atoms with E-state index in [-0.39, 0.29) is 11.3 Å². The summed E-state index contributed by atoms with van der Waals surface area (Å²) in [5, 5.41) is 0.535. The number of terminal acetylenes is 1. The number of rotatable bonds is 2. The van der Waals surface area contributed by atoms with Crippen LogP contribution in [0.25, 0.3) is 0 Å². The highest BCUT2D eigenvalue weighted by molar-refractivity contribution is 7.89. The predicted octanol–water partition coefficient (Wildman–Crippen LogP) is 2.90. The molecule has 1 heterocycles. The van der Waals surface area contributed by atoms with E-state index >= 15 is 0 Å². The first-order chi connectivity index (χ1) is 9.99. The zero-order valence-electron chi connectivity index (χ0n) is 11.0. The van der Waals surface area contributed by atoms with Crippen molar-refractivity contribution in [3.8, 4) is 12.3 Å². The molecular weight excluding hydrogens is 306 g/mol. The van der Waals surface area contributed by atoms with Crippen LogP contribution in [-0.4, -0.2) is 8.42 Å². The van der Waals surface area contributed by atoms with Gasteiger partial charge in [0.05, 0.1) is 10.4 Å². The summed E-state index contributed by atoms with van der Waals surface area (Å²) in [5.74, 6) is 2.58. The quantitative estimate of drug-likeness (QED) is 0.866. The fourth-order valence-electron chi connectivity index (χ4n) is 2.75. The van der Waals surface area contributed by atoms with Crippen molar-refractivity contribution in [2.24, 2.45) is 0 Å². The highest BCUT2D eigenvalue weighted by Crippen LogP contribution is 2.43. The normalized spacial score (nSPS) is 22.5. The molecule has 1 aliphatic heterocycles. The lowest BCUT2D eigenvalue weighted by molar-refractivity contribution is 0.497. The summed E-state index contributed by atoms with van der Waals surface area (Å²) in [5.41, 5.74) is 0.432. The third-order valence-electron chi connectivity index (χ3n) is 3.63. The minimum Gasteiger partial charge on any atom is -0.207 e. The van der Waals surface area contributed by atoms with Gasteiger partial charge in [-0.25, -0.2) is 8.42 Å². The molecule has 0 saturated heterocycles. The van der Waals surface area contributed by atoms with Gasteiger partial charge in [-0.15, -0.1) is 12.3 Å². The second-order valence-corrected chi connectivity index (χ2v) is 6.99. The van der Waals surface area contributed by atoms with Crippen molar-refractivity contribution in [3.63, 3.8) is 0 Å². The van der Waals surface area contributed by atoms with E-state index in [1.807, 2.05) is 6.07 Å². The van der Waals surface area contributed by atoms with Gasteiger partial charge in [0.1, 0.15) is 0 Å². The monoisotopic (exact) mass is 317 g/mol. The molecule has 3 nitrogen and oxygen atoms in total. The molecule has 1 N–H and O–H groups in total. The van der Waals surface area contributed by atoms with E-state index in [2.05, 4.69) is 10.6 Å². The van der Waals surface area contributed by atoms with Crippen molar-refractivity contribution in [1.82, 2.24) is 4.72 Å². The average molecular weight is 318 g/mol. The average Bonchev–Trinajstić information content (AvgIpc) is 2.69. The predicted molar refractivity (Wildman–Crippen MR) is 82.4 cm³/mol. The Morgan fingerprint density at radius 1 is 1.19 bits per heavy atom. The lowest BCUT2D eigenvalue weighted by Gasteiger charge is -2.28. The first-order valence-electron chi connectivity index (χ1n) is 6.33. The molecule has 0 spiro atoms. The van der Waals surface area contributed by atoms with Crippen molar-refractivity contribution in [2.75, 3.05) is 0 Å². The molecule has 1 atom stereocenters. The smallest absolute Gasteiger partial charge is 0.207 e. The molecule has 0 radical (unpaired) electrons. The Morgan fingerprint density at radius 2 is 1.95 bits per heavy atom.